The normalized spacial score (nSPS) is 12.5. The van der Waals surface area contributed by atoms with Gasteiger partial charge in [-0.2, -0.15) is 0 Å². The molecule has 2 heterocycles. The lowest BCUT2D eigenvalue weighted by Gasteiger charge is -2.21. The molecule has 8 heteroatoms. The number of nitrogens with zero attached hydrogens (tertiary/aromatic N) is 1. The predicted octanol–water partition coefficient (Wildman–Crippen LogP) is 7.61. The van der Waals surface area contributed by atoms with Gasteiger partial charge in [-0.15, -0.1) is 12.4 Å². The van der Waals surface area contributed by atoms with Crippen molar-refractivity contribution >= 4 is 45.9 Å². The molecule has 2 aromatic heterocycles. The fraction of sp³-hybridized carbons (Fsp3) is 0.441. The Morgan fingerprint density at radius 1 is 0.881 bits per heavy atom. The van der Waals surface area contributed by atoms with Gasteiger partial charge in [0.05, 0.1) is 18.0 Å². The highest BCUT2D eigenvalue weighted by atomic mass is 35.5. The van der Waals surface area contributed by atoms with Gasteiger partial charge in [0.2, 0.25) is 0 Å². The van der Waals surface area contributed by atoms with E-state index in [2.05, 4.69) is 34.9 Å². The molecule has 42 heavy (non-hydrogen) atoms. The zero-order chi connectivity index (χ0) is 28.4. The molecule has 1 aliphatic carbocycles. The van der Waals surface area contributed by atoms with Crippen molar-refractivity contribution in [3.63, 3.8) is 0 Å². The summed E-state index contributed by atoms with van der Waals surface area (Å²) in [5.74, 6) is 0.264. The third-order valence-electron chi connectivity index (χ3n) is 8.02. The van der Waals surface area contributed by atoms with Gasteiger partial charge in [0.15, 0.2) is 11.2 Å². The lowest BCUT2D eigenvalue weighted by Crippen LogP contribution is -2.25. The molecule has 0 bridgehead atoms. The van der Waals surface area contributed by atoms with Crippen LogP contribution in [0.4, 0.5) is 5.69 Å². The Labute approximate surface area is 253 Å². The fourth-order valence-electron chi connectivity index (χ4n) is 5.76. The molecular formula is C34H42ClN3O4. The molecule has 0 spiro atoms. The third-order valence-corrected chi connectivity index (χ3v) is 8.02. The monoisotopic (exact) mass is 591 g/mol. The second kappa shape index (κ2) is 15.6. The maximum absolute atomic E-state index is 12.5. The number of carbonyl (C=O) groups excluding carboxylic acids is 1. The molecule has 0 fully saturated rings. The van der Waals surface area contributed by atoms with Crippen LogP contribution in [0.15, 0.2) is 57.7 Å². The number of fused-ring (bicyclic) bond motifs is 3. The second-order valence-electron chi connectivity index (χ2n) is 11.0. The Balaban J connectivity index is 0.00000405. The number of aromatic nitrogens is 1. The molecule has 1 aliphatic rings. The van der Waals surface area contributed by atoms with Crippen molar-refractivity contribution in [3.05, 3.63) is 75.8 Å². The Kier molecular flexibility index (Phi) is 11.6. The zero-order valence-corrected chi connectivity index (χ0v) is 25.3. The van der Waals surface area contributed by atoms with Crippen molar-refractivity contribution in [2.45, 2.75) is 77.0 Å². The number of rotatable bonds is 14. The van der Waals surface area contributed by atoms with Crippen LogP contribution in [0.1, 0.15) is 86.0 Å². The number of pyridine rings is 1. The predicted molar refractivity (Wildman–Crippen MR) is 172 cm³/mol. The Hall–Kier alpha value is -3.58. The molecular weight excluding hydrogens is 550 g/mol. The number of benzene rings is 2. The van der Waals surface area contributed by atoms with Crippen LogP contribution in [-0.4, -0.2) is 31.1 Å². The van der Waals surface area contributed by atoms with Crippen LogP contribution in [0.3, 0.4) is 0 Å². The third kappa shape index (κ3) is 7.82. The average molecular weight is 592 g/mol. The van der Waals surface area contributed by atoms with E-state index in [1.54, 1.807) is 25.3 Å². The Bertz CT molecular complexity index is 1550. The maximum Gasteiger partial charge on any atom is 0.287 e. The van der Waals surface area contributed by atoms with Gasteiger partial charge in [-0.25, -0.2) is 0 Å². The quantitative estimate of drug-likeness (QED) is 0.147. The summed E-state index contributed by atoms with van der Waals surface area (Å²) >= 11 is 0. The van der Waals surface area contributed by atoms with E-state index >= 15 is 0 Å². The van der Waals surface area contributed by atoms with Gasteiger partial charge in [0.1, 0.15) is 11.3 Å². The SMILES string of the molecule is COc1ccc2oc(C(=O)NCCCCCCCCCCNc3c4c(nc5ccccc35)CCCC4)cc(=O)c2c1.Cl. The van der Waals surface area contributed by atoms with E-state index in [-0.39, 0.29) is 29.5 Å². The van der Waals surface area contributed by atoms with E-state index in [1.165, 1.54) is 73.3 Å². The van der Waals surface area contributed by atoms with Crippen LogP contribution in [0.25, 0.3) is 21.9 Å². The lowest BCUT2D eigenvalue weighted by molar-refractivity contribution is 0.0925. The largest absolute Gasteiger partial charge is 0.497 e. The zero-order valence-electron chi connectivity index (χ0n) is 24.5. The minimum Gasteiger partial charge on any atom is -0.497 e. The number of anilines is 1. The molecule has 0 aliphatic heterocycles. The van der Waals surface area contributed by atoms with Crippen molar-refractivity contribution in [1.29, 1.82) is 0 Å². The summed E-state index contributed by atoms with van der Waals surface area (Å²) in [6.45, 7) is 1.58. The molecule has 2 aromatic carbocycles. The van der Waals surface area contributed by atoms with E-state index in [0.29, 0.717) is 23.3 Å². The topological polar surface area (TPSA) is 93.5 Å². The van der Waals surface area contributed by atoms with E-state index in [0.717, 1.165) is 44.2 Å². The van der Waals surface area contributed by atoms with Crippen molar-refractivity contribution in [2.75, 3.05) is 25.5 Å². The summed E-state index contributed by atoms with van der Waals surface area (Å²) in [5, 5.41) is 8.31. The molecule has 0 saturated carbocycles. The molecule has 7 nitrogen and oxygen atoms in total. The molecule has 0 radical (unpaired) electrons. The van der Waals surface area contributed by atoms with Gasteiger partial charge in [-0.1, -0.05) is 56.7 Å². The summed E-state index contributed by atoms with van der Waals surface area (Å²) in [6.07, 6.45) is 14.0. The number of aryl methyl sites for hydroxylation is 1. The molecule has 4 aromatic rings. The van der Waals surface area contributed by atoms with Crippen LogP contribution < -0.4 is 20.8 Å². The van der Waals surface area contributed by atoms with E-state index in [9.17, 15) is 9.59 Å². The summed E-state index contributed by atoms with van der Waals surface area (Å²) in [5.41, 5.74) is 5.28. The number of carbonyl (C=O) groups is 1. The van der Waals surface area contributed by atoms with Crippen LogP contribution >= 0.6 is 12.4 Å². The average Bonchev–Trinajstić information content (AvgIpc) is 3.00. The number of amides is 1. The number of para-hydroxylation sites is 1. The number of ether oxygens (including phenoxy) is 1. The molecule has 2 N–H and O–H groups in total. The molecule has 0 saturated heterocycles. The van der Waals surface area contributed by atoms with Gasteiger partial charge < -0.3 is 19.8 Å². The fourth-order valence-corrected chi connectivity index (χ4v) is 5.76. The van der Waals surface area contributed by atoms with Crippen molar-refractivity contribution < 1.29 is 13.9 Å². The first-order chi connectivity index (χ1) is 20.1. The molecule has 0 atom stereocenters. The number of unbranched alkanes of at least 4 members (excludes halogenated alkanes) is 7. The maximum atomic E-state index is 12.5. The minimum absolute atomic E-state index is 0. The van der Waals surface area contributed by atoms with E-state index in [1.807, 2.05) is 0 Å². The number of hydrogen-bond acceptors (Lipinski definition) is 6. The van der Waals surface area contributed by atoms with Crippen molar-refractivity contribution in [3.8, 4) is 5.75 Å². The molecule has 224 valence electrons. The van der Waals surface area contributed by atoms with Gasteiger partial charge in [-0.05, 0) is 68.4 Å². The number of nitrogens with one attached hydrogen (secondary N) is 2. The highest BCUT2D eigenvalue weighted by Gasteiger charge is 2.18. The Morgan fingerprint density at radius 3 is 2.38 bits per heavy atom. The smallest absolute Gasteiger partial charge is 0.287 e. The summed E-state index contributed by atoms with van der Waals surface area (Å²) < 4.78 is 10.8. The van der Waals surface area contributed by atoms with Crippen LogP contribution in [0, 0.1) is 0 Å². The highest BCUT2D eigenvalue weighted by molar-refractivity contribution is 5.94. The minimum atomic E-state index is -0.353. The van der Waals surface area contributed by atoms with Crippen molar-refractivity contribution in [2.24, 2.45) is 0 Å². The van der Waals surface area contributed by atoms with E-state index in [4.69, 9.17) is 14.1 Å². The Morgan fingerprint density at radius 2 is 1.60 bits per heavy atom. The van der Waals surface area contributed by atoms with Crippen LogP contribution in [0.5, 0.6) is 5.75 Å². The first kappa shape index (κ1) is 31.4. The molecule has 0 unspecified atom stereocenters. The van der Waals surface area contributed by atoms with Crippen LogP contribution in [0.2, 0.25) is 0 Å². The first-order valence-corrected chi connectivity index (χ1v) is 15.2. The first-order valence-electron chi connectivity index (χ1n) is 15.2. The number of halogens is 1. The van der Waals surface area contributed by atoms with Gasteiger partial charge in [0, 0.05) is 35.9 Å². The standard InChI is InChI=1S/C34H41N3O4.ClH/c1-40-24-18-19-31-27(22-24)30(38)23-32(41-31)34(39)36-21-13-7-5-3-2-4-6-12-20-35-33-25-14-8-10-16-28(25)37-29-17-11-9-15-26(29)33;/h8,10,14,16,18-19,22-23H,2-7,9,11-13,15,17,20-21H2,1H3,(H,35,37)(H,36,39);1H. The summed E-state index contributed by atoms with van der Waals surface area (Å²) in [7, 11) is 1.54. The summed E-state index contributed by atoms with van der Waals surface area (Å²) in [4.78, 5) is 29.8. The van der Waals surface area contributed by atoms with Crippen LogP contribution in [-0.2, 0) is 12.8 Å². The lowest BCUT2D eigenvalue weighted by atomic mass is 9.92. The number of methoxy groups -OCH3 is 1. The molecule has 5 rings (SSSR count). The van der Waals surface area contributed by atoms with Crippen molar-refractivity contribution in [1.82, 2.24) is 10.3 Å². The summed E-state index contributed by atoms with van der Waals surface area (Å²) in [6, 6.07) is 14.7. The van der Waals surface area contributed by atoms with E-state index < -0.39 is 0 Å². The van der Waals surface area contributed by atoms with Gasteiger partial charge in [-0.3, -0.25) is 14.6 Å². The second-order valence-corrected chi connectivity index (χ2v) is 11.0. The van der Waals surface area contributed by atoms with Gasteiger partial charge in [0.25, 0.3) is 5.91 Å². The highest BCUT2D eigenvalue weighted by Crippen LogP contribution is 2.33. The molecule has 1 amide bonds. The number of hydrogen-bond donors (Lipinski definition) is 2. The van der Waals surface area contributed by atoms with Gasteiger partial charge >= 0.3 is 0 Å².